The minimum Gasteiger partial charge on any atom is -0.410 e. The molecule has 9 nitrogen and oxygen atoms in total. The maximum absolute atomic E-state index is 14.1. The number of allylic oxidation sites excluding steroid dienone is 8. The molecular formula is C41H56N2O7. The van der Waals surface area contributed by atoms with Gasteiger partial charge in [-0.3, -0.25) is 4.79 Å². The number of carbonyl (C=O) groups excluding carboxylic acids is 2. The van der Waals surface area contributed by atoms with E-state index in [9.17, 15) is 30.0 Å². The zero-order chi connectivity index (χ0) is 36.2. The van der Waals surface area contributed by atoms with Gasteiger partial charge in [0.05, 0.1) is 18.3 Å². The molecule has 7 N–H and O–H groups in total. The van der Waals surface area contributed by atoms with Crippen LogP contribution in [0.3, 0.4) is 0 Å². The van der Waals surface area contributed by atoms with Crippen molar-refractivity contribution < 1.29 is 34.8 Å². The van der Waals surface area contributed by atoms with Crippen LogP contribution in [0.5, 0.6) is 5.75 Å². The molecule has 1 aromatic rings. The minimum absolute atomic E-state index is 0.000336. The van der Waals surface area contributed by atoms with Crippen molar-refractivity contribution in [3.05, 3.63) is 88.1 Å². The van der Waals surface area contributed by atoms with Crippen LogP contribution in [0, 0.1) is 23.2 Å². The number of nitrogens with two attached hydrogens (primary N) is 1. The first-order valence-corrected chi connectivity index (χ1v) is 18.3. The Morgan fingerprint density at radius 2 is 1.98 bits per heavy atom. The van der Waals surface area contributed by atoms with Crippen LogP contribution in [-0.4, -0.2) is 57.2 Å². The summed E-state index contributed by atoms with van der Waals surface area (Å²) in [6, 6.07) is 5.31. The van der Waals surface area contributed by atoms with Gasteiger partial charge in [0.25, 0.3) is 0 Å². The first-order chi connectivity index (χ1) is 23.9. The SMILES string of the molecule is C=C(/C=C/C=C(/CO)[C@H]1[C@@H]2CCC[C@@]3(O)CC/C(=C(/C)C(=O)Cc4cccc5c4OC(=O)N[C@@H]5N)[C@@H](CCCO)[C@]3(C2)[C@@H]1O)CCC=C(C)C. The highest BCUT2D eigenvalue weighted by Gasteiger charge is 2.68. The molecule has 2 bridgehead atoms. The summed E-state index contributed by atoms with van der Waals surface area (Å²) in [5.74, 6) is -0.485. The summed E-state index contributed by atoms with van der Waals surface area (Å²) >= 11 is 0. The fourth-order valence-corrected chi connectivity index (χ4v) is 9.57. The van der Waals surface area contributed by atoms with E-state index in [-0.39, 0.29) is 43.2 Å². The second-order valence-corrected chi connectivity index (χ2v) is 15.2. The highest BCUT2D eigenvalue weighted by Crippen LogP contribution is 2.67. The molecule has 272 valence electrons. The van der Waals surface area contributed by atoms with Crippen LogP contribution < -0.4 is 15.8 Å². The summed E-state index contributed by atoms with van der Waals surface area (Å²) in [6.07, 6.45) is 12.0. The van der Waals surface area contributed by atoms with Crippen molar-refractivity contribution in [3.8, 4) is 5.75 Å². The lowest BCUT2D eigenvalue weighted by molar-refractivity contribution is -0.181. The van der Waals surface area contributed by atoms with E-state index in [2.05, 4.69) is 31.8 Å². The van der Waals surface area contributed by atoms with Gasteiger partial charge in [0.2, 0.25) is 0 Å². The first kappa shape index (κ1) is 37.9. The summed E-state index contributed by atoms with van der Waals surface area (Å²) in [5.41, 5.74) is 9.65. The molecule has 4 aliphatic rings. The largest absolute Gasteiger partial charge is 0.414 e. The number of rotatable bonds is 13. The topological polar surface area (TPSA) is 162 Å². The molecule has 7 atom stereocenters. The molecule has 3 fully saturated rings. The smallest absolute Gasteiger partial charge is 0.410 e. The molecule has 50 heavy (non-hydrogen) atoms. The number of benzene rings is 1. The molecule has 0 aromatic heterocycles. The van der Waals surface area contributed by atoms with E-state index in [4.69, 9.17) is 10.5 Å². The van der Waals surface area contributed by atoms with Crippen LogP contribution in [0.15, 0.2) is 76.9 Å². The quantitative estimate of drug-likeness (QED) is 0.0832. The Hall–Kier alpha value is -3.34. The molecule has 0 unspecified atom stereocenters. The Morgan fingerprint density at radius 1 is 1.20 bits per heavy atom. The number of ketones is 1. The second kappa shape index (κ2) is 15.9. The molecule has 0 saturated heterocycles. The summed E-state index contributed by atoms with van der Waals surface area (Å²) in [5, 5.41) is 48.3. The molecule has 1 amide bonds. The number of fused-ring (bicyclic) bond motifs is 2. The lowest BCUT2D eigenvalue weighted by Crippen LogP contribution is -2.61. The average molecular weight is 689 g/mol. The number of aliphatic hydroxyl groups is 4. The Bertz CT molecular complexity index is 1590. The summed E-state index contributed by atoms with van der Waals surface area (Å²) in [6.45, 7) is 9.88. The van der Waals surface area contributed by atoms with Crippen molar-refractivity contribution in [2.45, 2.75) is 109 Å². The van der Waals surface area contributed by atoms with E-state index in [1.165, 1.54) is 5.57 Å². The molecule has 3 saturated carbocycles. The highest BCUT2D eigenvalue weighted by molar-refractivity contribution is 5.97. The Labute approximate surface area is 296 Å². The summed E-state index contributed by atoms with van der Waals surface area (Å²) < 4.78 is 5.47. The number of ether oxygens (including phenoxy) is 1. The first-order valence-electron chi connectivity index (χ1n) is 18.3. The van der Waals surface area contributed by atoms with Gasteiger partial charge in [-0.2, -0.15) is 0 Å². The van der Waals surface area contributed by atoms with Crippen molar-refractivity contribution >= 4 is 11.9 Å². The van der Waals surface area contributed by atoms with Crippen LogP contribution in [0.4, 0.5) is 4.79 Å². The number of aliphatic hydroxyl groups excluding tert-OH is 3. The van der Waals surface area contributed by atoms with Gasteiger partial charge < -0.3 is 36.2 Å². The van der Waals surface area contributed by atoms with Gasteiger partial charge in [0, 0.05) is 35.5 Å². The van der Waals surface area contributed by atoms with Gasteiger partial charge in [0.15, 0.2) is 5.78 Å². The van der Waals surface area contributed by atoms with Gasteiger partial charge >= 0.3 is 6.09 Å². The molecule has 5 rings (SSSR count). The molecule has 0 radical (unpaired) electrons. The number of para-hydroxylation sites is 1. The van der Waals surface area contributed by atoms with E-state index in [0.717, 1.165) is 42.4 Å². The normalized spacial score (nSPS) is 31.6. The van der Waals surface area contributed by atoms with Gasteiger partial charge in [-0.05, 0) is 102 Å². The van der Waals surface area contributed by atoms with Crippen molar-refractivity contribution in [1.29, 1.82) is 0 Å². The van der Waals surface area contributed by atoms with E-state index in [1.807, 2.05) is 25.2 Å². The van der Waals surface area contributed by atoms with Gasteiger partial charge in [-0.25, -0.2) is 4.79 Å². The number of carbonyl (C=O) groups is 2. The number of hydrogen-bond acceptors (Lipinski definition) is 8. The van der Waals surface area contributed by atoms with Crippen molar-refractivity contribution in [2.24, 2.45) is 28.9 Å². The van der Waals surface area contributed by atoms with Crippen molar-refractivity contribution in [1.82, 2.24) is 5.32 Å². The third-order valence-electron chi connectivity index (χ3n) is 12.0. The van der Waals surface area contributed by atoms with E-state index >= 15 is 0 Å². The zero-order valence-electron chi connectivity index (χ0n) is 29.9. The maximum atomic E-state index is 14.1. The molecular weight excluding hydrogens is 632 g/mol. The van der Waals surface area contributed by atoms with E-state index in [1.54, 1.807) is 18.2 Å². The summed E-state index contributed by atoms with van der Waals surface area (Å²) in [4.78, 5) is 26.2. The minimum atomic E-state index is -1.16. The maximum Gasteiger partial charge on any atom is 0.414 e. The van der Waals surface area contributed by atoms with Crippen LogP contribution >= 0.6 is 0 Å². The highest BCUT2D eigenvalue weighted by atomic mass is 16.6. The number of hydrogen-bond donors (Lipinski definition) is 6. The number of nitrogens with one attached hydrogen (secondary N) is 1. The monoisotopic (exact) mass is 688 g/mol. The second-order valence-electron chi connectivity index (χ2n) is 15.2. The molecule has 1 spiro atoms. The Balaban J connectivity index is 1.49. The van der Waals surface area contributed by atoms with Crippen LogP contribution in [0.1, 0.15) is 102 Å². The van der Waals surface area contributed by atoms with Crippen LogP contribution in [0.2, 0.25) is 0 Å². The van der Waals surface area contributed by atoms with E-state index < -0.39 is 29.4 Å². The molecule has 3 aliphatic carbocycles. The van der Waals surface area contributed by atoms with Crippen LogP contribution in [-0.2, 0) is 11.2 Å². The third kappa shape index (κ3) is 7.34. The number of amides is 1. The predicted molar refractivity (Wildman–Crippen MR) is 194 cm³/mol. The zero-order valence-corrected chi connectivity index (χ0v) is 29.9. The predicted octanol–water partition coefficient (Wildman–Crippen LogP) is 6.03. The van der Waals surface area contributed by atoms with Gasteiger partial charge in [-0.15, -0.1) is 0 Å². The van der Waals surface area contributed by atoms with Crippen molar-refractivity contribution in [3.63, 3.8) is 0 Å². The average Bonchev–Trinajstić information content (AvgIpc) is 3.25. The molecule has 1 heterocycles. The number of Topliss-reactive ketones (excluding diaryl/α,β-unsaturated/α-hetero) is 1. The fraction of sp³-hybridized carbons (Fsp3) is 0.561. The molecule has 9 heteroatoms. The molecule has 1 aromatic carbocycles. The van der Waals surface area contributed by atoms with Gasteiger partial charge in [-0.1, -0.05) is 72.2 Å². The van der Waals surface area contributed by atoms with Gasteiger partial charge in [0.1, 0.15) is 11.9 Å². The lowest BCUT2D eigenvalue weighted by atomic mass is 9.51. The standard InChI is InChI=1S/C41H56N2O7/c1-25(2)10-5-11-26(3)12-6-14-30(24-45)35-29-15-8-19-40(49)20-18-31(33(17-9-21-44)41(40,23-29)37(35)47)27(4)34(46)22-28-13-7-16-32-36(28)50-39(48)43-38(32)42/h6-7,10,12-14,16,29,33,35,37-38,44-45,47,49H,3,5,8-9,11,15,17-24,42H2,1-2,4H3,(H,43,48)/b12-6+,30-14-,31-27+/t29-,33-,35-,37-,38+,40-,41-/m1/s1. The third-order valence-corrected chi connectivity index (χ3v) is 12.0. The van der Waals surface area contributed by atoms with Crippen LogP contribution in [0.25, 0.3) is 0 Å². The summed E-state index contributed by atoms with van der Waals surface area (Å²) in [7, 11) is 0. The fourth-order valence-electron chi connectivity index (χ4n) is 9.57. The van der Waals surface area contributed by atoms with E-state index in [0.29, 0.717) is 61.0 Å². The van der Waals surface area contributed by atoms with Crippen molar-refractivity contribution in [2.75, 3.05) is 13.2 Å². The Morgan fingerprint density at radius 3 is 2.70 bits per heavy atom. The Kier molecular flexibility index (Phi) is 12.1. The molecule has 1 aliphatic heterocycles. The lowest BCUT2D eigenvalue weighted by Gasteiger charge is -2.57.